The zero-order valence-electron chi connectivity index (χ0n) is 14.0. The number of hydrogen-bond acceptors (Lipinski definition) is 4. The number of carboxylic acids is 1. The van der Waals surface area contributed by atoms with Crippen LogP contribution in [0.3, 0.4) is 0 Å². The van der Waals surface area contributed by atoms with E-state index in [1.54, 1.807) is 13.2 Å². The van der Waals surface area contributed by atoms with E-state index < -0.39 is 11.4 Å². The van der Waals surface area contributed by atoms with Crippen molar-refractivity contribution in [2.24, 2.45) is 5.41 Å². The number of carbonyl (C=O) groups excluding carboxylic acids is 1. The highest BCUT2D eigenvalue weighted by molar-refractivity contribution is 6.06. The molecule has 2 aromatic rings. The molecule has 6 heteroatoms. The third-order valence-corrected chi connectivity index (χ3v) is 5.17. The Kier molecular flexibility index (Phi) is 3.63. The number of benzene rings is 1. The van der Waals surface area contributed by atoms with Gasteiger partial charge in [0, 0.05) is 23.5 Å². The van der Waals surface area contributed by atoms with Crippen LogP contribution in [-0.4, -0.2) is 35.6 Å². The molecular weight excluding hydrogens is 320 g/mol. The molecule has 6 nitrogen and oxygen atoms in total. The number of pyridine rings is 1. The summed E-state index contributed by atoms with van der Waals surface area (Å²) in [6.45, 7) is 0.160. The molecule has 0 atom stereocenters. The Morgan fingerprint density at radius 2 is 2.08 bits per heavy atom. The summed E-state index contributed by atoms with van der Waals surface area (Å²) in [4.78, 5) is 28.8. The van der Waals surface area contributed by atoms with Crippen LogP contribution in [0, 0.1) is 5.41 Å². The van der Waals surface area contributed by atoms with Crippen molar-refractivity contribution in [3.63, 3.8) is 0 Å². The molecule has 1 heterocycles. The van der Waals surface area contributed by atoms with Gasteiger partial charge in [0.1, 0.15) is 5.75 Å². The van der Waals surface area contributed by atoms with Gasteiger partial charge in [-0.1, -0.05) is 0 Å². The van der Waals surface area contributed by atoms with Gasteiger partial charge in [-0.05, 0) is 49.9 Å². The SMILES string of the molecule is COc1ccc2nc(C3CC3)cc(C(=O)NCC3(C(=O)O)CC3)c2c1. The second-order valence-electron chi connectivity index (χ2n) is 7.02. The molecule has 2 saturated carbocycles. The van der Waals surface area contributed by atoms with E-state index in [2.05, 4.69) is 10.3 Å². The van der Waals surface area contributed by atoms with Gasteiger partial charge in [0.15, 0.2) is 0 Å². The lowest BCUT2D eigenvalue weighted by molar-refractivity contribution is -0.143. The van der Waals surface area contributed by atoms with Crippen LogP contribution in [0.1, 0.15) is 47.7 Å². The van der Waals surface area contributed by atoms with Gasteiger partial charge >= 0.3 is 5.97 Å². The number of amides is 1. The number of carbonyl (C=O) groups is 2. The molecule has 2 aliphatic rings. The summed E-state index contributed by atoms with van der Waals surface area (Å²) >= 11 is 0. The van der Waals surface area contributed by atoms with Gasteiger partial charge in [-0.25, -0.2) is 0 Å². The highest BCUT2D eigenvalue weighted by Gasteiger charge is 2.50. The molecule has 1 amide bonds. The molecular formula is C19H20N2O4. The van der Waals surface area contributed by atoms with E-state index in [-0.39, 0.29) is 12.5 Å². The fraction of sp³-hybridized carbons (Fsp3) is 0.421. The van der Waals surface area contributed by atoms with Crippen LogP contribution in [0.25, 0.3) is 10.9 Å². The van der Waals surface area contributed by atoms with Gasteiger partial charge in [-0.3, -0.25) is 14.6 Å². The number of nitrogens with one attached hydrogen (secondary N) is 1. The summed E-state index contributed by atoms with van der Waals surface area (Å²) in [5.74, 6) is -0.0126. The molecule has 4 rings (SSSR count). The Balaban J connectivity index is 1.68. The van der Waals surface area contributed by atoms with Gasteiger partial charge < -0.3 is 15.2 Å². The standard InChI is InChI=1S/C19H20N2O4/c1-25-12-4-5-15-13(8-12)14(9-16(21-15)11-2-3-11)17(22)20-10-19(6-7-19)18(23)24/h4-5,8-9,11H,2-3,6-7,10H2,1H3,(H,20,22)(H,23,24). The molecule has 1 aromatic heterocycles. The number of aromatic nitrogens is 1. The first-order valence-corrected chi connectivity index (χ1v) is 8.53. The molecule has 2 N–H and O–H groups in total. The number of carboxylic acid groups (broad SMARTS) is 1. The fourth-order valence-electron chi connectivity index (χ4n) is 3.09. The minimum Gasteiger partial charge on any atom is -0.497 e. The van der Waals surface area contributed by atoms with E-state index in [4.69, 9.17) is 4.74 Å². The Morgan fingerprint density at radius 1 is 1.32 bits per heavy atom. The third kappa shape index (κ3) is 2.92. The van der Waals surface area contributed by atoms with Crippen LogP contribution in [0.15, 0.2) is 24.3 Å². The first-order chi connectivity index (χ1) is 12.0. The van der Waals surface area contributed by atoms with Crippen LogP contribution in [-0.2, 0) is 4.79 Å². The topological polar surface area (TPSA) is 88.5 Å². The highest BCUT2D eigenvalue weighted by atomic mass is 16.5. The van der Waals surface area contributed by atoms with Crippen molar-refractivity contribution in [2.75, 3.05) is 13.7 Å². The highest BCUT2D eigenvalue weighted by Crippen LogP contribution is 2.45. The summed E-state index contributed by atoms with van der Waals surface area (Å²) in [6.07, 6.45) is 3.41. The van der Waals surface area contributed by atoms with Crippen LogP contribution in [0.2, 0.25) is 0 Å². The maximum Gasteiger partial charge on any atom is 0.311 e. The molecule has 0 spiro atoms. The second kappa shape index (κ2) is 5.72. The summed E-state index contributed by atoms with van der Waals surface area (Å²) in [7, 11) is 1.58. The van der Waals surface area contributed by atoms with Crippen molar-refractivity contribution in [1.29, 1.82) is 0 Å². The largest absolute Gasteiger partial charge is 0.497 e. The van der Waals surface area contributed by atoms with E-state index >= 15 is 0 Å². The Labute approximate surface area is 145 Å². The van der Waals surface area contributed by atoms with E-state index in [0.29, 0.717) is 30.1 Å². The zero-order valence-corrected chi connectivity index (χ0v) is 14.0. The molecule has 0 saturated heterocycles. The average Bonchev–Trinajstić information content (AvgIpc) is 3.51. The number of nitrogens with zero attached hydrogens (tertiary/aromatic N) is 1. The van der Waals surface area contributed by atoms with E-state index in [9.17, 15) is 14.7 Å². The van der Waals surface area contributed by atoms with Gasteiger partial charge in [0.05, 0.1) is 23.6 Å². The first-order valence-electron chi connectivity index (χ1n) is 8.53. The quantitative estimate of drug-likeness (QED) is 0.844. The minimum atomic E-state index is -0.840. The van der Waals surface area contributed by atoms with Crippen LogP contribution < -0.4 is 10.1 Å². The van der Waals surface area contributed by atoms with Crippen molar-refractivity contribution in [1.82, 2.24) is 10.3 Å². The lowest BCUT2D eigenvalue weighted by atomic mass is 10.0. The normalized spacial score (nSPS) is 18.0. The van der Waals surface area contributed by atoms with E-state index in [0.717, 1.165) is 29.4 Å². The van der Waals surface area contributed by atoms with Crippen molar-refractivity contribution >= 4 is 22.8 Å². The van der Waals surface area contributed by atoms with Crippen LogP contribution in [0.4, 0.5) is 0 Å². The van der Waals surface area contributed by atoms with E-state index in [1.807, 2.05) is 18.2 Å². The molecule has 2 aliphatic carbocycles. The number of fused-ring (bicyclic) bond motifs is 1. The lowest BCUT2D eigenvalue weighted by Gasteiger charge is -2.14. The first kappa shape index (κ1) is 15.9. The monoisotopic (exact) mass is 340 g/mol. The lowest BCUT2D eigenvalue weighted by Crippen LogP contribution is -2.34. The summed E-state index contributed by atoms with van der Waals surface area (Å²) in [5, 5.41) is 12.8. The van der Waals surface area contributed by atoms with Crippen molar-refractivity contribution < 1.29 is 19.4 Å². The average molecular weight is 340 g/mol. The maximum atomic E-state index is 12.8. The number of hydrogen-bond donors (Lipinski definition) is 2. The number of ether oxygens (including phenoxy) is 1. The van der Waals surface area contributed by atoms with Crippen LogP contribution in [0.5, 0.6) is 5.75 Å². The molecule has 130 valence electrons. The van der Waals surface area contributed by atoms with Crippen molar-refractivity contribution in [3.05, 3.63) is 35.5 Å². The number of methoxy groups -OCH3 is 1. The third-order valence-electron chi connectivity index (χ3n) is 5.17. The van der Waals surface area contributed by atoms with Gasteiger partial charge in [-0.15, -0.1) is 0 Å². The fourth-order valence-corrected chi connectivity index (χ4v) is 3.09. The van der Waals surface area contributed by atoms with Crippen LogP contribution >= 0.6 is 0 Å². The Bertz CT molecular complexity index is 869. The molecule has 0 radical (unpaired) electrons. The number of aliphatic carboxylic acids is 1. The molecule has 0 bridgehead atoms. The Hall–Kier alpha value is -2.63. The number of rotatable bonds is 6. The minimum absolute atomic E-state index is 0.160. The predicted octanol–water partition coefficient (Wildman–Crippen LogP) is 2.72. The zero-order chi connectivity index (χ0) is 17.6. The molecule has 1 aromatic carbocycles. The summed E-state index contributed by atoms with van der Waals surface area (Å²) in [5.41, 5.74) is 1.44. The van der Waals surface area contributed by atoms with E-state index in [1.165, 1.54) is 0 Å². The molecule has 0 aliphatic heterocycles. The van der Waals surface area contributed by atoms with Gasteiger partial charge in [0.25, 0.3) is 5.91 Å². The second-order valence-corrected chi connectivity index (χ2v) is 7.02. The smallest absolute Gasteiger partial charge is 0.311 e. The van der Waals surface area contributed by atoms with Crippen molar-refractivity contribution in [2.45, 2.75) is 31.6 Å². The summed E-state index contributed by atoms with van der Waals surface area (Å²) in [6, 6.07) is 7.33. The summed E-state index contributed by atoms with van der Waals surface area (Å²) < 4.78 is 5.27. The van der Waals surface area contributed by atoms with Gasteiger partial charge in [-0.2, -0.15) is 0 Å². The van der Waals surface area contributed by atoms with Gasteiger partial charge in [0.2, 0.25) is 0 Å². The van der Waals surface area contributed by atoms with Crippen molar-refractivity contribution in [3.8, 4) is 5.75 Å². The molecule has 2 fully saturated rings. The molecule has 0 unspecified atom stereocenters. The Morgan fingerprint density at radius 3 is 2.68 bits per heavy atom. The molecule has 25 heavy (non-hydrogen) atoms. The maximum absolute atomic E-state index is 12.8. The predicted molar refractivity (Wildman–Crippen MR) is 91.9 cm³/mol.